The highest BCUT2D eigenvalue weighted by atomic mass is 19.3. The van der Waals surface area contributed by atoms with Crippen molar-refractivity contribution in [3.63, 3.8) is 0 Å². The largest absolute Gasteiger partial charge is 0.409 e. The molecule has 0 radical (unpaired) electrons. The van der Waals surface area contributed by atoms with Gasteiger partial charge in [-0.2, -0.15) is 0 Å². The lowest BCUT2D eigenvalue weighted by molar-refractivity contribution is 0.0599. The summed E-state index contributed by atoms with van der Waals surface area (Å²) in [6.45, 7) is 2.76. The van der Waals surface area contributed by atoms with Crippen molar-refractivity contribution >= 4 is 5.84 Å². The Labute approximate surface area is 87.1 Å². The number of nitrogens with zero attached hydrogens (tertiary/aromatic N) is 3. The lowest BCUT2D eigenvalue weighted by Crippen LogP contribution is -2.49. The molecule has 0 amide bonds. The summed E-state index contributed by atoms with van der Waals surface area (Å²) in [4.78, 5) is 3.68. The Bertz CT molecular complexity index is 217. The fraction of sp³-hybridized carbons (Fsp3) is 0.875. The smallest absolute Gasteiger partial charge is 0.251 e. The zero-order valence-corrected chi connectivity index (χ0v) is 8.44. The van der Waals surface area contributed by atoms with Crippen LogP contribution in [0.5, 0.6) is 0 Å². The number of amidine groups is 1. The van der Waals surface area contributed by atoms with Crippen molar-refractivity contribution in [2.45, 2.75) is 6.43 Å². The third-order valence-electron chi connectivity index (χ3n) is 2.38. The standard InChI is InChI=1S/C8H16F2N4O/c9-7(10)5-13-1-3-14(4-2-13)6-8(11)12-15/h7,15H,1-6H2,(H2,11,12). The molecule has 1 aliphatic rings. The average Bonchev–Trinajstić information content (AvgIpc) is 2.20. The van der Waals surface area contributed by atoms with Crippen molar-refractivity contribution in [1.29, 1.82) is 0 Å². The molecule has 0 aromatic rings. The van der Waals surface area contributed by atoms with Crippen LogP contribution in [0.15, 0.2) is 5.16 Å². The van der Waals surface area contributed by atoms with Gasteiger partial charge in [0, 0.05) is 26.2 Å². The quantitative estimate of drug-likeness (QED) is 0.294. The van der Waals surface area contributed by atoms with Crippen LogP contribution >= 0.6 is 0 Å². The lowest BCUT2D eigenvalue weighted by atomic mass is 10.3. The van der Waals surface area contributed by atoms with E-state index in [2.05, 4.69) is 5.16 Å². The first kappa shape index (κ1) is 12.1. The van der Waals surface area contributed by atoms with Crippen molar-refractivity contribution < 1.29 is 14.0 Å². The van der Waals surface area contributed by atoms with Gasteiger partial charge in [0.25, 0.3) is 6.43 Å². The number of hydrogen-bond acceptors (Lipinski definition) is 4. The number of oxime groups is 1. The van der Waals surface area contributed by atoms with E-state index in [1.165, 1.54) is 0 Å². The van der Waals surface area contributed by atoms with E-state index in [0.717, 1.165) is 0 Å². The average molecular weight is 222 g/mol. The summed E-state index contributed by atoms with van der Waals surface area (Å²) in [5.41, 5.74) is 5.34. The highest BCUT2D eigenvalue weighted by Crippen LogP contribution is 2.04. The minimum absolute atomic E-state index is 0.150. The Kier molecular flexibility index (Phi) is 4.70. The predicted molar refractivity (Wildman–Crippen MR) is 52.3 cm³/mol. The van der Waals surface area contributed by atoms with Crippen LogP contribution in [0.3, 0.4) is 0 Å². The predicted octanol–water partition coefficient (Wildman–Crippen LogP) is -0.384. The Morgan fingerprint density at radius 2 is 1.80 bits per heavy atom. The summed E-state index contributed by atoms with van der Waals surface area (Å²) < 4.78 is 24.1. The first-order valence-electron chi connectivity index (χ1n) is 4.81. The van der Waals surface area contributed by atoms with Crippen LogP contribution in [-0.4, -0.2) is 66.5 Å². The second kappa shape index (κ2) is 5.82. The summed E-state index contributed by atoms with van der Waals surface area (Å²) in [5.74, 6) is 0.150. The van der Waals surface area contributed by atoms with Crippen LogP contribution in [0.4, 0.5) is 8.78 Å². The molecule has 1 aliphatic heterocycles. The normalized spacial score (nSPS) is 21.1. The molecular weight excluding hydrogens is 206 g/mol. The Morgan fingerprint density at radius 3 is 2.27 bits per heavy atom. The summed E-state index contributed by atoms with van der Waals surface area (Å²) in [7, 11) is 0. The Morgan fingerprint density at radius 1 is 1.27 bits per heavy atom. The molecule has 1 fully saturated rings. The van der Waals surface area contributed by atoms with Crippen molar-refractivity contribution in [2.75, 3.05) is 39.3 Å². The van der Waals surface area contributed by atoms with Gasteiger partial charge in [0.2, 0.25) is 0 Å². The third kappa shape index (κ3) is 4.39. The van der Waals surface area contributed by atoms with Crippen LogP contribution in [0.25, 0.3) is 0 Å². The van der Waals surface area contributed by atoms with Crippen LogP contribution in [0.1, 0.15) is 0 Å². The van der Waals surface area contributed by atoms with Gasteiger partial charge in [0.1, 0.15) is 0 Å². The van der Waals surface area contributed by atoms with Crippen molar-refractivity contribution in [3.05, 3.63) is 0 Å². The number of rotatable bonds is 4. The number of halogens is 2. The van der Waals surface area contributed by atoms with Crippen molar-refractivity contribution in [3.8, 4) is 0 Å². The second-order valence-corrected chi connectivity index (χ2v) is 3.56. The summed E-state index contributed by atoms with van der Waals surface area (Å²) in [6.07, 6.45) is -2.28. The van der Waals surface area contributed by atoms with Crippen LogP contribution < -0.4 is 5.73 Å². The number of hydrogen-bond donors (Lipinski definition) is 2. The third-order valence-corrected chi connectivity index (χ3v) is 2.38. The van der Waals surface area contributed by atoms with Gasteiger partial charge in [-0.25, -0.2) is 8.78 Å². The first-order chi connectivity index (χ1) is 7.11. The summed E-state index contributed by atoms with van der Waals surface area (Å²) in [5, 5.41) is 11.2. The molecule has 0 unspecified atom stereocenters. The maximum Gasteiger partial charge on any atom is 0.251 e. The van der Waals surface area contributed by atoms with Gasteiger partial charge < -0.3 is 10.9 Å². The molecule has 1 rings (SSSR count). The molecule has 0 atom stereocenters. The summed E-state index contributed by atoms with van der Waals surface area (Å²) in [6, 6.07) is 0. The molecule has 7 heteroatoms. The van der Waals surface area contributed by atoms with Gasteiger partial charge >= 0.3 is 0 Å². The topological polar surface area (TPSA) is 65.1 Å². The minimum Gasteiger partial charge on any atom is -0.409 e. The molecule has 88 valence electrons. The Balaban J connectivity index is 2.24. The second-order valence-electron chi connectivity index (χ2n) is 3.56. The highest BCUT2D eigenvalue weighted by Gasteiger charge is 2.19. The number of piperazine rings is 1. The molecule has 5 nitrogen and oxygen atoms in total. The molecular formula is C8H16F2N4O. The molecule has 0 spiro atoms. The molecule has 15 heavy (non-hydrogen) atoms. The van der Waals surface area contributed by atoms with E-state index in [-0.39, 0.29) is 12.4 Å². The van der Waals surface area contributed by atoms with Gasteiger partial charge in [-0.1, -0.05) is 5.16 Å². The van der Waals surface area contributed by atoms with Crippen molar-refractivity contribution in [2.24, 2.45) is 10.9 Å². The maximum atomic E-state index is 12.1. The fourth-order valence-electron chi connectivity index (χ4n) is 1.59. The van der Waals surface area contributed by atoms with Gasteiger partial charge in [-0.05, 0) is 0 Å². The maximum absolute atomic E-state index is 12.1. The van der Waals surface area contributed by atoms with E-state index >= 15 is 0 Å². The first-order valence-corrected chi connectivity index (χ1v) is 4.81. The monoisotopic (exact) mass is 222 g/mol. The number of alkyl halides is 2. The van der Waals surface area contributed by atoms with E-state index in [9.17, 15) is 8.78 Å². The highest BCUT2D eigenvalue weighted by molar-refractivity contribution is 5.81. The van der Waals surface area contributed by atoms with Crippen LogP contribution in [0.2, 0.25) is 0 Å². The zero-order chi connectivity index (χ0) is 11.3. The van der Waals surface area contributed by atoms with E-state index in [1.54, 1.807) is 4.90 Å². The molecule has 0 aromatic heterocycles. The molecule has 0 aliphatic carbocycles. The van der Waals surface area contributed by atoms with Gasteiger partial charge in [-0.3, -0.25) is 9.80 Å². The van der Waals surface area contributed by atoms with Gasteiger partial charge in [0.05, 0.1) is 13.1 Å². The van der Waals surface area contributed by atoms with Crippen LogP contribution in [0, 0.1) is 0 Å². The molecule has 1 saturated heterocycles. The molecule has 0 bridgehead atoms. The Hall–Kier alpha value is -0.950. The van der Waals surface area contributed by atoms with E-state index in [1.807, 2.05) is 4.90 Å². The molecule has 3 N–H and O–H groups in total. The summed E-state index contributed by atoms with van der Waals surface area (Å²) >= 11 is 0. The minimum atomic E-state index is -2.28. The lowest BCUT2D eigenvalue weighted by Gasteiger charge is -2.33. The van der Waals surface area contributed by atoms with Gasteiger partial charge in [0.15, 0.2) is 5.84 Å². The van der Waals surface area contributed by atoms with Gasteiger partial charge in [-0.15, -0.1) is 0 Å². The molecule has 0 aromatic carbocycles. The van der Waals surface area contributed by atoms with Crippen molar-refractivity contribution in [1.82, 2.24) is 9.80 Å². The molecule has 0 saturated carbocycles. The fourth-order valence-corrected chi connectivity index (χ4v) is 1.59. The van der Waals surface area contributed by atoms with E-state index in [4.69, 9.17) is 10.9 Å². The SMILES string of the molecule is NC(CN1CCN(CC(F)F)CC1)=NO. The zero-order valence-electron chi connectivity index (χ0n) is 8.44. The van der Waals surface area contributed by atoms with Crippen LogP contribution in [-0.2, 0) is 0 Å². The van der Waals surface area contributed by atoms with E-state index < -0.39 is 6.43 Å². The van der Waals surface area contributed by atoms with E-state index in [0.29, 0.717) is 32.7 Å². The number of nitrogens with two attached hydrogens (primary N) is 1. The molecule has 1 heterocycles.